The summed E-state index contributed by atoms with van der Waals surface area (Å²) in [4.78, 5) is 14.8. The lowest BCUT2D eigenvalue weighted by molar-refractivity contribution is -0.136. The van der Waals surface area contributed by atoms with E-state index in [1.54, 1.807) is 0 Å². The zero-order chi connectivity index (χ0) is 14.1. The van der Waals surface area contributed by atoms with E-state index in [0.29, 0.717) is 11.9 Å². The van der Waals surface area contributed by atoms with Crippen LogP contribution in [0, 0.1) is 12.8 Å². The van der Waals surface area contributed by atoms with Crippen LogP contribution in [0.1, 0.15) is 43.2 Å². The first kappa shape index (κ1) is 13.6. The van der Waals surface area contributed by atoms with Crippen molar-refractivity contribution in [3.63, 3.8) is 0 Å². The van der Waals surface area contributed by atoms with Crippen LogP contribution in [0.15, 0.2) is 24.3 Å². The number of aryl methyl sites for hydroxylation is 1. The minimum Gasteiger partial charge on any atom is -0.335 e. The van der Waals surface area contributed by atoms with Crippen LogP contribution in [0.25, 0.3) is 0 Å². The maximum Gasteiger partial charge on any atom is 0.226 e. The molecule has 0 bridgehead atoms. The molecule has 3 rings (SSSR count). The van der Waals surface area contributed by atoms with Crippen LogP contribution in [0.3, 0.4) is 0 Å². The first-order valence-corrected chi connectivity index (χ1v) is 7.75. The Morgan fingerprint density at radius 1 is 1.30 bits per heavy atom. The number of hydrogen-bond donors (Lipinski definition) is 1. The molecule has 0 spiro atoms. The molecule has 0 unspecified atom stereocenters. The second kappa shape index (κ2) is 5.57. The van der Waals surface area contributed by atoms with Gasteiger partial charge >= 0.3 is 0 Å². The molecule has 2 fully saturated rings. The van der Waals surface area contributed by atoms with Gasteiger partial charge in [-0.1, -0.05) is 29.8 Å². The highest BCUT2D eigenvalue weighted by molar-refractivity contribution is 5.80. The van der Waals surface area contributed by atoms with Gasteiger partial charge in [-0.3, -0.25) is 4.79 Å². The molecule has 2 aliphatic carbocycles. The van der Waals surface area contributed by atoms with E-state index in [2.05, 4.69) is 36.1 Å². The highest BCUT2D eigenvalue weighted by atomic mass is 16.2. The van der Waals surface area contributed by atoms with Crippen molar-refractivity contribution in [1.29, 1.82) is 0 Å². The van der Waals surface area contributed by atoms with Gasteiger partial charge in [0.15, 0.2) is 0 Å². The zero-order valence-corrected chi connectivity index (χ0v) is 12.2. The van der Waals surface area contributed by atoms with Crippen molar-refractivity contribution in [1.82, 2.24) is 4.90 Å². The molecule has 0 heterocycles. The van der Waals surface area contributed by atoms with Gasteiger partial charge in [0.05, 0.1) is 0 Å². The molecule has 2 saturated carbocycles. The van der Waals surface area contributed by atoms with Crippen molar-refractivity contribution in [2.75, 3.05) is 0 Å². The molecule has 0 saturated heterocycles. The molecule has 3 heteroatoms. The highest BCUT2D eigenvalue weighted by Gasteiger charge is 2.38. The van der Waals surface area contributed by atoms with Crippen LogP contribution < -0.4 is 5.73 Å². The van der Waals surface area contributed by atoms with E-state index in [1.807, 2.05) is 0 Å². The van der Waals surface area contributed by atoms with Crippen molar-refractivity contribution < 1.29 is 4.79 Å². The topological polar surface area (TPSA) is 46.3 Å². The summed E-state index contributed by atoms with van der Waals surface area (Å²) in [5, 5.41) is 0. The molecule has 108 valence electrons. The van der Waals surface area contributed by atoms with E-state index in [0.717, 1.165) is 38.6 Å². The van der Waals surface area contributed by atoms with Crippen LogP contribution >= 0.6 is 0 Å². The average molecular weight is 272 g/mol. The van der Waals surface area contributed by atoms with Crippen molar-refractivity contribution >= 4 is 5.91 Å². The van der Waals surface area contributed by atoms with Crippen LogP contribution in [-0.4, -0.2) is 22.9 Å². The van der Waals surface area contributed by atoms with Crippen molar-refractivity contribution in [3.8, 4) is 0 Å². The summed E-state index contributed by atoms with van der Waals surface area (Å²) < 4.78 is 0. The number of carbonyl (C=O) groups excluding carboxylic acids is 1. The Bertz CT molecular complexity index is 496. The standard InChI is InChI=1S/C17H24N2O/c1-12-3-2-4-13(9-12)11-19(16-7-8-16)17(20)14-5-6-15(18)10-14/h2-4,9,14-16H,5-8,10-11,18H2,1H3/t14-,15-/m1/s1. The molecular weight excluding hydrogens is 248 g/mol. The highest BCUT2D eigenvalue weighted by Crippen LogP contribution is 2.33. The van der Waals surface area contributed by atoms with E-state index in [4.69, 9.17) is 5.73 Å². The Morgan fingerprint density at radius 3 is 2.70 bits per heavy atom. The lowest BCUT2D eigenvalue weighted by atomic mass is 10.0. The third kappa shape index (κ3) is 3.04. The van der Waals surface area contributed by atoms with Gasteiger partial charge in [-0.05, 0) is 44.6 Å². The molecular formula is C17H24N2O. The Labute approximate surface area is 121 Å². The van der Waals surface area contributed by atoms with Gasteiger partial charge in [0.2, 0.25) is 5.91 Å². The van der Waals surface area contributed by atoms with Gasteiger partial charge in [-0.2, -0.15) is 0 Å². The third-order valence-electron chi connectivity index (χ3n) is 4.53. The third-order valence-corrected chi connectivity index (χ3v) is 4.53. The molecule has 0 aliphatic heterocycles. The van der Waals surface area contributed by atoms with Gasteiger partial charge in [0, 0.05) is 24.5 Å². The van der Waals surface area contributed by atoms with E-state index in [-0.39, 0.29) is 12.0 Å². The quantitative estimate of drug-likeness (QED) is 0.916. The Morgan fingerprint density at radius 2 is 2.10 bits per heavy atom. The van der Waals surface area contributed by atoms with Crippen LogP contribution in [0.2, 0.25) is 0 Å². The molecule has 0 aromatic heterocycles. The molecule has 20 heavy (non-hydrogen) atoms. The minimum atomic E-state index is 0.162. The Kier molecular flexibility index (Phi) is 3.79. The molecule has 1 aromatic carbocycles. The fourth-order valence-electron chi connectivity index (χ4n) is 3.26. The van der Waals surface area contributed by atoms with Gasteiger partial charge in [0.25, 0.3) is 0 Å². The van der Waals surface area contributed by atoms with Gasteiger partial charge < -0.3 is 10.6 Å². The molecule has 0 radical (unpaired) electrons. The van der Waals surface area contributed by atoms with Gasteiger partial charge in [0.1, 0.15) is 0 Å². The summed E-state index contributed by atoms with van der Waals surface area (Å²) in [7, 11) is 0. The van der Waals surface area contributed by atoms with Gasteiger partial charge in [-0.25, -0.2) is 0 Å². The molecule has 2 aliphatic rings. The molecule has 1 amide bonds. The van der Waals surface area contributed by atoms with Crippen molar-refractivity contribution in [2.24, 2.45) is 11.7 Å². The average Bonchev–Trinajstić information content (AvgIpc) is 3.17. The summed E-state index contributed by atoms with van der Waals surface area (Å²) >= 11 is 0. The predicted octanol–water partition coefficient (Wildman–Crippen LogP) is 2.61. The van der Waals surface area contributed by atoms with Gasteiger partial charge in [-0.15, -0.1) is 0 Å². The first-order valence-electron chi connectivity index (χ1n) is 7.75. The van der Waals surface area contributed by atoms with Crippen molar-refractivity contribution in [3.05, 3.63) is 35.4 Å². The maximum atomic E-state index is 12.7. The van der Waals surface area contributed by atoms with Crippen molar-refractivity contribution in [2.45, 2.75) is 57.7 Å². The number of benzene rings is 1. The minimum absolute atomic E-state index is 0.162. The monoisotopic (exact) mass is 272 g/mol. The number of nitrogens with zero attached hydrogens (tertiary/aromatic N) is 1. The zero-order valence-electron chi connectivity index (χ0n) is 12.2. The molecule has 3 nitrogen and oxygen atoms in total. The Balaban J connectivity index is 1.71. The largest absolute Gasteiger partial charge is 0.335 e. The van der Waals surface area contributed by atoms with E-state index in [1.165, 1.54) is 11.1 Å². The summed E-state index contributed by atoms with van der Waals surface area (Å²) in [5.41, 5.74) is 8.46. The number of carbonyl (C=O) groups is 1. The fourth-order valence-corrected chi connectivity index (χ4v) is 3.26. The van der Waals surface area contributed by atoms with Crippen LogP contribution in [-0.2, 0) is 11.3 Å². The number of hydrogen-bond acceptors (Lipinski definition) is 2. The second-order valence-electron chi connectivity index (χ2n) is 6.46. The van der Waals surface area contributed by atoms with Crippen LogP contribution in [0.5, 0.6) is 0 Å². The molecule has 1 aromatic rings. The number of nitrogens with two attached hydrogens (primary N) is 1. The first-order chi connectivity index (χ1) is 9.63. The number of amides is 1. The second-order valence-corrected chi connectivity index (χ2v) is 6.46. The smallest absolute Gasteiger partial charge is 0.226 e. The van der Waals surface area contributed by atoms with E-state index < -0.39 is 0 Å². The molecule has 2 atom stereocenters. The summed E-state index contributed by atoms with van der Waals surface area (Å²) in [5.74, 6) is 0.498. The normalized spacial score (nSPS) is 25.7. The molecule has 2 N–H and O–H groups in total. The fraction of sp³-hybridized carbons (Fsp3) is 0.588. The maximum absolute atomic E-state index is 12.7. The number of rotatable bonds is 4. The van der Waals surface area contributed by atoms with E-state index >= 15 is 0 Å². The Hall–Kier alpha value is -1.35. The SMILES string of the molecule is Cc1cccc(CN(C(=O)[C@@H]2CC[C@@H](N)C2)C2CC2)c1. The summed E-state index contributed by atoms with van der Waals surface area (Å²) in [6.07, 6.45) is 5.17. The summed E-state index contributed by atoms with van der Waals surface area (Å²) in [6.45, 7) is 2.86. The lowest BCUT2D eigenvalue weighted by Crippen LogP contribution is -2.37. The predicted molar refractivity (Wildman–Crippen MR) is 80.1 cm³/mol. The summed E-state index contributed by atoms with van der Waals surface area (Å²) in [6, 6.07) is 9.18. The lowest BCUT2D eigenvalue weighted by Gasteiger charge is -2.26. The van der Waals surface area contributed by atoms with Crippen LogP contribution in [0.4, 0.5) is 0 Å². The van der Waals surface area contributed by atoms with E-state index in [9.17, 15) is 4.79 Å².